The summed E-state index contributed by atoms with van der Waals surface area (Å²) in [5, 5.41) is 0. The van der Waals surface area contributed by atoms with Crippen LogP contribution in [0.15, 0.2) is 0 Å². The third-order valence-electron chi connectivity index (χ3n) is 4.44. The second-order valence-corrected chi connectivity index (χ2v) is 6.51. The Morgan fingerprint density at radius 3 is 1.56 bits per heavy atom. The Bertz CT molecular complexity index is 248. The van der Waals surface area contributed by atoms with Crippen LogP contribution in [0.2, 0.25) is 0 Å². The monoisotopic (exact) mass is 252 g/mol. The summed E-state index contributed by atoms with van der Waals surface area (Å²) >= 11 is 0. The fourth-order valence-electron chi connectivity index (χ4n) is 3.56. The molecule has 0 radical (unpaired) electrons. The first-order valence-electron chi connectivity index (χ1n) is 7.59. The normalized spacial score (nSPS) is 24.4. The first kappa shape index (κ1) is 14.0. The quantitative estimate of drug-likeness (QED) is 0.718. The van der Waals surface area contributed by atoms with Crippen molar-refractivity contribution in [1.29, 1.82) is 0 Å². The van der Waals surface area contributed by atoms with Gasteiger partial charge in [0.2, 0.25) is 0 Å². The van der Waals surface area contributed by atoms with Crippen LogP contribution in [0.3, 0.4) is 0 Å². The van der Waals surface area contributed by atoms with Gasteiger partial charge in [0.1, 0.15) is 6.29 Å². The van der Waals surface area contributed by atoms with E-state index in [9.17, 15) is 4.79 Å². The predicted molar refractivity (Wildman–Crippen MR) is 74.5 cm³/mol. The summed E-state index contributed by atoms with van der Waals surface area (Å²) in [6, 6.07) is 0. The molecule has 0 saturated carbocycles. The maximum atomic E-state index is 11.5. The number of piperidine rings is 2. The molecule has 104 valence electrons. The minimum atomic E-state index is -0.255. The Kier molecular flexibility index (Phi) is 4.79. The molecule has 2 fully saturated rings. The number of nitrogens with zero attached hydrogens (tertiary/aromatic N) is 2. The van der Waals surface area contributed by atoms with Gasteiger partial charge in [0.15, 0.2) is 0 Å². The molecule has 0 aromatic rings. The van der Waals surface area contributed by atoms with E-state index in [0.29, 0.717) is 6.17 Å². The van der Waals surface area contributed by atoms with Crippen LogP contribution in [0, 0.1) is 5.41 Å². The molecule has 3 nitrogen and oxygen atoms in total. The number of likely N-dealkylation sites (tertiary alicyclic amines) is 2. The Morgan fingerprint density at radius 1 is 0.833 bits per heavy atom. The van der Waals surface area contributed by atoms with Gasteiger partial charge in [-0.2, -0.15) is 0 Å². The zero-order valence-electron chi connectivity index (χ0n) is 12.0. The van der Waals surface area contributed by atoms with E-state index in [0.717, 1.165) is 0 Å². The molecule has 2 aliphatic rings. The Balaban J connectivity index is 2.12. The number of hydrogen-bond acceptors (Lipinski definition) is 3. The van der Waals surface area contributed by atoms with Crippen molar-refractivity contribution in [3.63, 3.8) is 0 Å². The Hall–Kier alpha value is -0.410. The number of carbonyl (C=O) groups excluding carboxylic acids is 1. The molecule has 0 unspecified atom stereocenters. The lowest BCUT2D eigenvalue weighted by atomic mass is 9.87. The SMILES string of the molecule is CC(C)(C=O)C(N1CCCCC1)N1CCCCC1. The van der Waals surface area contributed by atoms with Crippen molar-refractivity contribution in [2.75, 3.05) is 26.2 Å². The van der Waals surface area contributed by atoms with Crippen molar-refractivity contribution in [3.8, 4) is 0 Å². The number of carbonyl (C=O) groups is 1. The summed E-state index contributed by atoms with van der Waals surface area (Å²) in [4.78, 5) is 16.6. The molecule has 0 aromatic carbocycles. The third-order valence-corrected chi connectivity index (χ3v) is 4.44. The van der Waals surface area contributed by atoms with Crippen molar-refractivity contribution < 1.29 is 4.79 Å². The van der Waals surface area contributed by atoms with Crippen LogP contribution >= 0.6 is 0 Å². The highest BCUT2D eigenvalue weighted by molar-refractivity contribution is 5.59. The Morgan fingerprint density at radius 2 is 1.22 bits per heavy atom. The molecule has 0 spiro atoms. The maximum absolute atomic E-state index is 11.5. The van der Waals surface area contributed by atoms with Crippen LogP contribution in [-0.4, -0.2) is 48.4 Å². The predicted octanol–water partition coefficient (Wildman–Crippen LogP) is 2.51. The van der Waals surface area contributed by atoms with Gasteiger partial charge in [0, 0.05) is 5.41 Å². The van der Waals surface area contributed by atoms with Crippen LogP contribution < -0.4 is 0 Å². The largest absolute Gasteiger partial charge is 0.303 e. The fraction of sp³-hybridized carbons (Fsp3) is 0.933. The molecule has 2 aliphatic heterocycles. The zero-order chi connectivity index (χ0) is 13.0. The van der Waals surface area contributed by atoms with E-state index in [1.807, 2.05) is 0 Å². The van der Waals surface area contributed by atoms with Gasteiger partial charge < -0.3 is 4.79 Å². The zero-order valence-corrected chi connectivity index (χ0v) is 12.0. The molecule has 0 N–H and O–H groups in total. The van der Waals surface area contributed by atoms with Crippen molar-refractivity contribution in [3.05, 3.63) is 0 Å². The molecular weight excluding hydrogens is 224 g/mol. The molecule has 2 heterocycles. The van der Waals surface area contributed by atoms with Crippen LogP contribution in [-0.2, 0) is 4.79 Å². The summed E-state index contributed by atoms with van der Waals surface area (Å²) in [5.41, 5.74) is -0.255. The van der Waals surface area contributed by atoms with Crippen LogP contribution in [0.4, 0.5) is 0 Å². The first-order chi connectivity index (χ1) is 8.65. The van der Waals surface area contributed by atoms with Gasteiger partial charge in [-0.15, -0.1) is 0 Å². The average Bonchev–Trinajstić information content (AvgIpc) is 2.41. The third kappa shape index (κ3) is 3.12. The smallest absolute Gasteiger partial charge is 0.128 e. The van der Waals surface area contributed by atoms with E-state index in [2.05, 4.69) is 23.6 Å². The lowest BCUT2D eigenvalue weighted by Gasteiger charge is -2.48. The van der Waals surface area contributed by atoms with Gasteiger partial charge in [0.25, 0.3) is 0 Å². The van der Waals surface area contributed by atoms with E-state index < -0.39 is 0 Å². The molecular formula is C15H28N2O. The van der Waals surface area contributed by atoms with Crippen molar-refractivity contribution in [2.45, 2.75) is 58.5 Å². The van der Waals surface area contributed by atoms with E-state index in [1.54, 1.807) is 0 Å². The van der Waals surface area contributed by atoms with Gasteiger partial charge in [0.05, 0.1) is 6.17 Å². The van der Waals surface area contributed by atoms with E-state index in [-0.39, 0.29) is 5.41 Å². The number of aldehydes is 1. The topological polar surface area (TPSA) is 23.6 Å². The van der Waals surface area contributed by atoms with Gasteiger partial charge >= 0.3 is 0 Å². The fourth-order valence-corrected chi connectivity index (χ4v) is 3.56. The van der Waals surface area contributed by atoms with Gasteiger partial charge in [-0.1, -0.05) is 26.7 Å². The van der Waals surface area contributed by atoms with Crippen LogP contribution in [0.25, 0.3) is 0 Å². The first-order valence-corrected chi connectivity index (χ1v) is 7.59. The molecule has 18 heavy (non-hydrogen) atoms. The maximum Gasteiger partial charge on any atom is 0.128 e. The molecule has 2 saturated heterocycles. The highest BCUT2D eigenvalue weighted by Gasteiger charge is 2.39. The summed E-state index contributed by atoms with van der Waals surface area (Å²) in [6.07, 6.45) is 9.35. The van der Waals surface area contributed by atoms with E-state index >= 15 is 0 Å². The van der Waals surface area contributed by atoms with Crippen molar-refractivity contribution >= 4 is 6.29 Å². The minimum absolute atomic E-state index is 0.255. The lowest BCUT2D eigenvalue weighted by Crippen LogP contribution is -2.59. The van der Waals surface area contributed by atoms with Crippen molar-refractivity contribution in [2.24, 2.45) is 5.41 Å². The average molecular weight is 252 g/mol. The lowest BCUT2D eigenvalue weighted by molar-refractivity contribution is -0.126. The second kappa shape index (κ2) is 6.16. The van der Waals surface area contributed by atoms with Gasteiger partial charge in [-0.05, 0) is 51.9 Å². The molecule has 2 rings (SSSR count). The standard InChI is InChI=1S/C15H28N2O/c1-15(2,13-18)14(16-9-5-3-6-10-16)17-11-7-4-8-12-17/h13-14H,3-12H2,1-2H3. The molecule has 0 aliphatic carbocycles. The summed E-state index contributed by atoms with van der Waals surface area (Å²) in [7, 11) is 0. The summed E-state index contributed by atoms with van der Waals surface area (Å²) < 4.78 is 0. The summed E-state index contributed by atoms with van der Waals surface area (Å²) in [5.74, 6) is 0. The van der Waals surface area contributed by atoms with Gasteiger partial charge in [-0.25, -0.2) is 0 Å². The summed E-state index contributed by atoms with van der Waals surface area (Å²) in [6.45, 7) is 8.87. The molecule has 3 heteroatoms. The molecule has 0 amide bonds. The molecule has 0 atom stereocenters. The van der Waals surface area contributed by atoms with E-state index in [1.165, 1.54) is 71.0 Å². The number of hydrogen-bond donors (Lipinski definition) is 0. The van der Waals surface area contributed by atoms with Crippen LogP contribution in [0.1, 0.15) is 52.4 Å². The van der Waals surface area contributed by atoms with Crippen LogP contribution in [0.5, 0.6) is 0 Å². The van der Waals surface area contributed by atoms with Gasteiger partial charge in [-0.3, -0.25) is 9.80 Å². The van der Waals surface area contributed by atoms with Crippen molar-refractivity contribution in [1.82, 2.24) is 9.80 Å². The second-order valence-electron chi connectivity index (χ2n) is 6.51. The molecule has 0 aromatic heterocycles. The molecule has 0 bridgehead atoms. The highest BCUT2D eigenvalue weighted by Crippen LogP contribution is 2.30. The number of rotatable bonds is 4. The minimum Gasteiger partial charge on any atom is -0.303 e. The highest BCUT2D eigenvalue weighted by atomic mass is 16.1. The Labute approximate surface area is 112 Å². The van der Waals surface area contributed by atoms with E-state index in [4.69, 9.17) is 0 Å².